The van der Waals surface area contributed by atoms with E-state index in [0.717, 1.165) is 30.6 Å². The Kier molecular flexibility index (Phi) is 5.92. The minimum atomic E-state index is -3.58. The zero-order valence-corrected chi connectivity index (χ0v) is 14.1. The van der Waals surface area contributed by atoms with Crippen molar-refractivity contribution < 1.29 is 8.42 Å². The molecule has 1 atom stereocenters. The second kappa shape index (κ2) is 7.49. The van der Waals surface area contributed by atoms with Crippen LogP contribution in [0.2, 0.25) is 0 Å². The molecule has 0 fully saturated rings. The average Bonchev–Trinajstić information content (AvgIpc) is 2.93. The lowest BCUT2D eigenvalue weighted by Gasteiger charge is -2.16. The first-order chi connectivity index (χ1) is 10.1. The minimum absolute atomic E-state index is 0.190. The van der Waals surface area contributed by atoms with Gasteiger partial charge in [-0.1, -0.05) is 19.4 Å². The first-order valence-corrected chi connectivity index (χ1v) is 9.60. The molecule has 1 unspecified atom stereocenters. The van der Waals surface area contributed by atoms with Crippen LogP contribution < -0.4 is 4.72 Å². The molecule has 0 bridgehead atoms. The van der Waals surface area contributed by atoms with Gasteiger partial charge in [-0.2, -0.15) is 8.73 Å². The number of benzene rings is 1. The van der Waals surface area contributed by atoms with Crippen LogP contribution in [-0.4, -0.2) is 20.8 Å². The van der Waals surface area contributed by atoms with Crippen molar-refractivity contribution in [2.75, 3.05) is 12.4 Å². The van der Waals surface area contributed by atoms with Gasteiger partial charge in [-0.25, -0.2) is 13.1 Å². The van der Waals surface area contributed by atoms with E-state index < -0.39 is 10.0 Å². The fraction of sp³-hybridized carbons (Fsp3) is 0.538. The largest absolute Gasteiger partial charge is 0.242 e. The van der Waals surface area contributed by atoms with Gasteiger partial charge in [-0.3, -0.25) is 0 Å². The Bertz CT molecular complexity index is 664. The van der Waals surface area contributed by atoms with E-state index in [1.807, 2.05) is 0 Å². The molecule has 0 saturated carbocycles. The predicted molar refractivity (Wildman–Crippen MR) is 86.9 cm³/mol. The first kappa shape index (κ1) is 16.6. The number of hydrogen-bond donors (Lipinski definition) is 1. The van der Waals surface area contributed by atoms with Crippen molar-refractivity contribution in [2.45, 2.75) is 31.1 Å². The second-order valence-corrected chi connectivity index (χ2v) is 7.51. The maximum Gasteiger partial charge on any atom is 0.242 e. The van der Waals surface area contributed by atoms with E-state index in [9.17, 15) is 8.42 Å². The molecule has 8 heteroatoms. The monoisotopic (exact) mass is 347 g/mol. The predicted octanol–water partition coefficient (Wildman–Crippen LogP) is 3.74. The number of alkyl halides is 1. The van der Waals surface area contributed by atoms with Crippen LogP contribution >= 0.6 is 11.6 Å². The molecule has 1 N–H and O–H groups in total. The second-order valence-electron chi connectivity index (χ2n) is 4.87. The summed E-state index contributed by atoms with van der Waals surface area (Å²) in [6.07, 6.45) is 2.77. The van der Waals surface area contributed by atoms with Gasteiger partial charge in [0.1, 0.15) is 16.3 Å². The summed E-state index contributed by atoms with van der Waals surface area (Å²) in [6.45, 7) is 2.48. The van der Waals surface area contributed by atoms with Gasteiger partial charge >= 0.3 is 0 Å². The fourth-order valence-electron chi connectivity index (χ4n) is 2.21. The summed E-state index contributed by atoms with van der Waals surface area (Å²) < 4.78 is 35.7. The van der Waals surface area contributed by atoms with Crippen molar-refractivity contribution in [3.63, 3.8) is 0 Å². The molecule has 0 aliphatic carbocycles. The molecule has 2 rings (SSSR count). The maximum atomic E-state index is 12.4. The van der Waals surface area contributed by atoms with Crippen molar-refractivity contribution in [1.82, 2.24) is 4.72 Å². The van der Waals surface area contributed by atoms with E-state index in [-0.39, 0.29) is 10.8 Å². The third kappa shape index (κ3) is 4.12. The van der Waals surface area contributed by atoms with E-state index in [0.29, 0.717) is 23.8 Å². The Morgan fingerprint density at radius 1 is 1.33 bits per heavy atom. The summed E-state index contributed by atoms with van der Waals surface area (Å²) in [6, 6.07) is 4.99. The number of nitrogens with one attached hydrogen (secondary N) is 1. The molecule has 1 aromatic carbocycles. The summed E-state index contributed by atoms with van der Waals surface area (Å²) in [5.41, 5.74) is 1.04. The quantitative estimate of drug-likeness (QED) is 0.739. The highest BCUT2D eigenvalue weighted by atomic mass is 35.5. The van der Waals surface area contributed by atoms with E-state index in [1.165, 1.54) is 0 Å². The number of nitrogens with zero attached hydrogens (tertiary/aromatic N) is 2. The number of sulfonamides is 1. The van der Waals surface area contributed by atoms with Crippen LogP contribution in [0.4, 0.5) is 11.4 Å². The molecule has 1 aliphatic rings. The zero-order valence-electron chi connectivity index (χ0n) is 11.8. The van der Waals surface area contributed by atoms with Gasteiger partial charge in [0, 0.05) is 12.4 Å². The number of rotatable bonds is 8. The molecule has 21 heavy (non-hydrogen) atoms. The number of halogens is 1. The van der Waals surface area contributed by atoms with E-state index >= 15 is 0 Å². The molecular formula is C13H18ClN3O2S2. The van der Waals surface area contributed by atoms with E-state index in [2.05, 4.69) is 20.4 Å². The smallest absolute Gasteiger partial charge is 0.211 e. The van der Waals surface area contributed by atoms with Crippen LogP contribution in [-0.2, 0) is 21.4 Å². The molecule has 1 heterocycles. The third-order valence-electron chi connectivity index (χ3n) is 3.31. The Morgan fingerprint density at radius 2 is 2.14 bits per heavy atom. The molecular weight excluding hydrogens is 330 g/mol. The Balaban J connectivity index is 2.13. The Morgan fingerprint density at radius 3 is 2.86 bits per heavy atom. The lowest BCUT2D eigenvalue weighted by molar-refractivity contribution is 0.457. The van der Waals surface area contributed by atoms with Crippen LogP contribution in [0.5, 0.6) is 0 Å². The van der Waals surface area contributed by atoms with Gasteiger partial charge in [0.15, 0.2) is 0 Å². The van der Waals surface area contributed by atoms with Crippen LogP contribution in [0.25, 0.3) is 0 Å². The van der Waals surface area contributed by atoms with Gasteiger partial charge < -0.3 is 0 Å². The van der Waals surface area contributed by atoms with Crippen LogP contribution in [0.3, 0.4) is 0 Å². The first-order valence-electron chi connectivity index (χ1n) is 6.85. The van der Waals surface area contributed by atoms with Gasteiger partial charge in [-0.15, -0.1) is 11.6 Å². The van der Waals surface area contributed by atoms with Gasteiger partial charge in [0.25, 0.3) is 0 Å². The van der Waals surface area contributed by atoms with Gasteiger partial charge in [-0.05, 0) is 30.9 Å². The highest BCUT2D eigenvalue weighted by molar-refractivity contribution is 7.89. The summed E-state index contributed by atoms with van der Waals surface area (Å²) in [5, 5.41) is 0. The van der Waals surface area contributed by atoms with Crippen LogP contribution in [0.1, 0.15) is 26.2 Å². The van der Waals surface area contributed by atoms with Crippen molar-refractivity contribution in [1.29, 1.82) is 0 Å². The lowest BCUT2D eigenvalue weighted by atomic mass is 10.0. The van der Waals surface area contributed by atoms with E-state index in [4.69, 9.17) is 11.6 Å². The fourth-order valence-corrected chi connectivity index (χ4v) is 4.40. The molecule has 0 saturated heterocycles. The molecule has 0 spiro atoms. The Hall–Kier alpha value is -0.760. The zero-order chi connectivity index (χ0) is 15.3. The molecule has 5 nitrogen and oxygen atoms in total. The molecule has 116 valence electrons. The highest BCUT2D eigenvalue weighted by Gasteiger charge is 2.23. The molecule has 0 aromatic heterocycles. The summed E-state index contributed by atoms with van der Waals surface area (Å²) in [7, 11) is -3.58. The van der Waals surface area contributed by atoms with Crippen molar-refractivity contribution in [3.05, 3.63) is 18.2 Å². The average molecular weight is 348 g/mol. The summed E-state index contributed by atoms with van der Waals surface area (Å²) in [5.74, 6) is 0.799. The van der Waals surface area contributed by atoms with Crippen molar-refractivity contribution in [2.24, 2.45) is 14.6 Å². The van der Waals surface area contributed by atoms with Crippen molar-refractivity contribution >= 4 is 44.4 Å². The molecule has 1 aliphatic heterocycles. The van der Waals surface area contributed by atoms with E-state index in [1.54, 1.807) is 18.2 Å². The highest BCUT2D eigenvalue weighted by Crippen LogP contribution is 2.37. The maximum absolute atomic E-state index is 12.4. The minimum Gasteiger partial charge on any atom is -0.211 e. The molecule has 0 radical (unpaired) electrons. The Labute approximate surface area is 134 Å². The van der Waals surface area contributed by atoms with Crippen molar-refractivity contribution in [3.8, 4) is 0 Å². The molecule has 1 aromatic rings. The summed E-state index contributed by atoms with van der Waals surface area (Å²) >= 11 is 6.78. The topological polar surface area (TPSA) is 70.9 Å². The number of hydrogen-bond acceptors (Lipinski definition) is 4. The number of fused-ring (bicyclic) bond motifs is 1. The lowest BCUT2D eigenvalue weighted by Crippen LogP contribution is -2.29. The third-order valence-corrected chi connectivity index (χ3v) is 5.53. The van der Waals surface area contributed by atoms with Gasteiger partial charge in [0.2, 0.25) is 10.0 Å². The van der Waals surface area contributed by atoms with Crippen LogP contribution in [0, 0.1) is 5.92 Å². The van der Waals surface area contributed by atoms with Crippen LogP contribution in [0.15, 0.2) is 31.8 Å². The SMILES string of the molecule is CCCC(CCCl)CNS(=O)(=O)c1cccc2c1N=S=N2. The standard InChI is InChI=1S/C13H18ClN3O2S2/c1-2-4-10(7-8-14)9-15-21(18,19)12-6-3-5-11-13(12)17-20-16-11/h3,5-6,10,15H,2,4,7-9H2,1H3. The normalized spacial score (nSPS) is 14.8. The molecule has 0 amide bonds. The van der Waals surface area contributed by atoms with Gasteiger partial charge in [0.05, 0.1) is 11.4 Å². The summed E-state index contributed by atoms with van der Waals surface area (Å²) in [4.78, 5) is 0.190.